The van der Waals surface area contributed by atoms with Gasteiger partial charge >= 0.3 is 0 Å². The first-order chi connectivity index (χ1) is 11.2. The standard InChI is InChI=1S/C19H19N3O/c1-14-9-10-15-6-2-3-7-17(15)22(14)13-16-12-19(23)21-11-5-4-8-18(21)20-16/h2-8,11-12,14H,9-10,13H2,1H3/t14-/m0/s1. The van der Waals surface area contributed by atoms with Crippen LogP contribution < -0.4 is 10.5 Å². The molecule has 3 aromatic rings. The maximum absolute atomic E-state index is 12.3. The Morgan fingerprint density at radius 2 is 2.00 bits per heavy atom. The molecule has 4 rings (SSSR count). The lowest BCUT2D eigenvalue weighted by Gasteiger charge is -2.36. The molecule has 1 aliphatic heterocycles. The second kappa shape index (κ2) is 5.54. The molecule has 0 aliphatic carbocycles. The summed E-state index contributed by atoms with van der Waals surface area (Å²) in [7, 11) is 0. The molecule has 0 fully saturated rings. The smallest absolute Gasteiger partial charge is 0.258 e. The van der Waals surface area contributed by atoms with E-state index in [1.54, 1.807) is 16.7 Å². The van der Waals surface area contributed by atoms with E-state index in [0.717, 1.165) is 18.5 Å². The predicted molar refractivity (Wildman–Crippen MR) is 91.9 cm³/mol. The van der Waals surface area contributed by atoms with E-state index < -0.39 is 0 Å². The molecule has 2 aromatic heterocycles. The zero-order chi connectivity index (χ0) is 15.8. The predicted octanol–water partition coefficient (Wildman–Crippen LogP) is 3.04. The maximum Gasteiger partial charge on any atom is 0.258 e. The molecule has 0 unspecified atom stereocenters. The molecular formula is C19H19N3O. The minimum atomic E-state index is -0.0245. The molecule has 0 radical (unpaired) electrons. The van der Waals surface area contributed by atoms with Crippen LogP contribution in [0.25, 0.3) is 5.65 Å². The monoisotopic (exact) mass is 305 g/mol. The minimum absolute atomic E-state index is 0.0245. The quantitative estimate of drug-likeness (QED) is 0.730. The number of pyridine rings is 1. The Hall–Kier alpha value is -2.62. The summed E-state index contributed by atoms with van der Waals surface area (Å²) >= 11 is 0. The highest BCUT2D eigenvalue weighted by molar-refractivity contribution is 5.56. The van der Waals surface area contributed by atoms with Gasteiger partial charge in [-0.15, -0.1) is 0 Å². The van der Waals surface area contributed by atoms with Crippen molar-refractivity contribution in [3.05, 3.63) is 76.3 Å². The van der Waals surface area contributed by atoms with Gasteiger partial charge in [-0.05, 0) is 43.5 Å². The molecule has 0 spiro atoms. The molecular weight excluding hydrogens is 286 g/mol. The van der Waals surface area contributed by atoms with Crippen molar-refractivity contribution in [2.75, 3.05) is 4.90 Å². The highest BCUT2D eigenvalue weighted by atomic mass is 16.1. The SMILES string of the molecule is C[C@H]1CCc2ccccc2N1Cc1cc(=O)n2ccccc2n1. The molecule has 1 atom stereocenters. The van der Waals surface area contributed by atoms with Gasteiger partial charge in [0.15, 0.2) is 0 Å². The van der Waals surface area contributed by atoms with E-state index in [4.69, 9.17) is 0 Å². The molecule has 0 bridgehead atoms. The average Bonchev–Trinajstić information content (AvgIpc) is 2.58. The number of nitrogens with zero attached hydrogens (tertiary/aromatic N) is 3. The number of aryl methyl sites for hydroxylation is 1. The van der Waals surface area contributed by atoms with Crippen molar-refractivity contribution < 1.29 is 0 Å². The van der Waals surface area contributed by atoms with Crippen LogP contribution in [0.3, 0.4) is 0 Å². The van der Waals surface area contributed by atoms with Gasteiger partial charge in [-0.3, -0.25) is 9.20 Å². The third-order valence-electron chi connectivity index (χ3n) is 4.62. The molecule has 3 heterocycles. The Morgan fingerprint density at radius 3 is 2.91 bits per heavy atom. The van der Waals surface area contributed by atoms with Gasteiger partial charge < -0.3 is 4.90 Å². The Morgan fingerprint density at radius 1 is 1.17 bits per heavy atom. The summed E-state index contributed by atoms with van der Waals surface area (Å²) in [6, 6.07) is 16.2. The fraction of sp³-hybridized carbons (Fsp3) is 0.263. The number of benzene rings is 1. The Labute approximate surface area is 135 Å². The molecule has 4 heteroatoms. The number of hydrogen-bond acceptors (Lipinski definition) is 3. The third-order valence-corrected chi connectivity index (χ3v) is 4.62. The number of anilines is 1. The molecule has 0 N–H and O–H groups in total. The summed E-state index contributed by atoms with van der Waals surface area (Å²) in [5.41, 5.74) is 4.14. The van der Waals surface area contributed by atoms with Gasteiger partial charge in [0, 0.05) is 24.0 Å². The van der Waals surface area contributed by atoms with Crippen molar-refractivity contribution in [1.29, 1.82) is 0 Å². The summed E-state index contributed by atoms with van der Waals surface area (Å²) in [6.45, 7) is 2.91. The second-order valence-corrected chi connectivity index (χ2v) is 6.16. The summed E-state index contributed by atoms with van der Waals surface area (Å²) < 4.78 is 1.58. The van der Waals surface area contributed by atoms with Crippen molar-refractivity contribution in [2.24, 2.45) is 0 Å². The second-order valence-electron chi connectivity index (χ2n) is 6.16. The van der Waals surface area contributed by atoms with Gasteiger partial charge in [0.2, 0.25) is 0 Å². The third kappa shape index (κ3) is 2.50. The van der Waals surface area contributed by atoms with Gasteiger partial charge in [-0.2, -0.15) is 0 Å². The molecule has 0 saturated heterocycles. The molecule has 23 heavy (non-hydrogen) atoms. The number of hydrogen-bond donors (Lipinski definition) is 0. The fourth-order valence-corrected chi connectivity index (χ4v) is 3.36. The molecule has 4 nitrogen and oxygen atoms in total. The Kier molecular flexibility index (Phi) is 3.37. The number of aromatic nitrogens is 2. The molecule has 1 aromatic carbocycles. The van der Waals surface area contributed by atoms with Crippen LogP contribution in [0.4, 0.5) is 5.69 Å². The lowest BCUT2D eigenvalue weighted by Crippen LogP contribution is -2.37. The van der Waals surface area contributed by atoms with E-state index in [1.165, 1.54) is 11.3 Å². The maximum atomic E-state index is 12.3. The van der Waals surface area contributed by atoms with Gasteiger partial charge in [-0.25, -0.2) is 4.98 Å². The summed E-state index contributed by atoms with van der Waals surface area (Å²) in [4.78, 5) is 19.3. The number of para-hydroxylation sites is 1. The largest absolute Gasteiger partial charge is 0.363 e. The first-order valence-electron chi connectivity index (χ1n) is 8.04. The van der Waals surface area contributed by atoms with Crippen LogP contribution in [0.1, 0.15) is 24.6 Å². The van der Waals surface area contributed by atoms with E-state index in [0.29, 0.717) is 18.2 Å². The van der Waals surface area contributed by atoms with Crippen LogP contribution in [0.2, 0.25) is 0 Å². The molecule has 0 saturated carbocycles. The van der Waals surface area contributed by atoms with Gasteiger partial charge in [0.1, 0.15) is 5.65 Å². The minimum Gasteiger partial charge on any atom is -0.363 e. The topological polar surface area (TPSA) is 37.6 Å². The lowest BCUT2D eigenvalue weighted by atomic mass is 9.96. The van der Waals surface area contributed by atoms with Crippen LogP contribution in [0.5, 0.6) is 0 Å². The molecule has 0 amide bonds. The zero-order valence-corrected chi connectivity index (χ0v) is 13.1. The number of rotatable bonds is 2. The van der Waals surface area contributed by atoms with E-state index in [2.05, 4.69) is 41.1 Å². The van der Waals surface area contributed by atoms with E-state index in [9.17, 15) is 4.79 Å². The number of fused-ring (bicyclic) bond motifs is 2. The van der Waals surface area contributed by atoms with Crippen molar-refractivity contribution in [1.82, 2.24) is 9.38 Å². The van der Waals surface area contributed by atoms with E-state index >= 15 is 0 Å². The van der Waals surface area contributed by atoms with Gasteiger partial charge in [0.05, 0.1) is 12.2 Å². The van der Waals surface area contributed by atoms with Crippen molar-refractivity contribution >= 4 is 11.3 Å². The average molecular weight is 305 g/mol. The van der Waals surface area contributed by atoms with Crippen LogP contribution in [-0.2, 0) is 13.0 Å². The first kappa shape index (κ1) is 14.0. The molecule has 116 valence electrons. The summed E-state index contributed by atoms with van der Waals surface area (Å²) in [6.07, 6.45) is 4.00. The Balaban J connectivity index is 1.74. The van der Waals surface area contributed by atoms with Crippen LogP contribution in [0, 0.1) is 0 Å². The highest BCUT2D eigenvalue weighted by Crippen LogP contribution is 2.31. The van der Waals surface area contributed by atoms with Crippen LogP contribution in [0.15, 0.2) is 59.5 Å². The lowest BCUT2D eigenvalue weighted by molar-refractivity contribution is 0.556. The first-order valence-corrected chi connectivity index (χ1v) is 8.04. The zero-order valence-electron chi connectivity index (χ0n) is 13.1. The van der Waals surface area contributed by atoms with Crippen LogP contribution >= 0.6 is 0 Å². The van der Waals surface area contributed by atoms with E-state index in [-0.39, 0.29) is 5.56 Å². The van der Waals surface area contributed by atoms with Crippen molar-refractivity contribution in [3.8, 4) is 0 Å². The normalized spacial score (nSPS) is 17.3. The fourth-order valence-electron chi connectivity index (χ4n) is 3.36. The van der Waals surface area contributed by atoms with Crippen LogP contribution in [-0.4, -0.2) is 15.4 Å². The van der Waals surface area contributed by atoms with E-state index in [1.807, 2.05) is 18.2 Å². The highest BCUT2D eigenvalue weighted by Gasteiger charge is 2.23. The molecule has 1 aliphatic rings. The summed E-state index contributed by atoms with van der Waals surface area (Å²) in [5, 5.41) is 0. The van der Waals surface area contributed by atoms with Crippen molar-refractivity contribution in [2.45, 2.75) is 32.4 Å². The summed E-state index contributed by atoms with van der Waals surface area (Å²) in [5.74, 6) is 0. The Bertz CT molecular complexity index is 916. The van der Waals surface area contributed by atoms with Crippen molar-refractivity contribution in [3.63, 3.8) is 0 Å². The van der Waals surface area contributed by atoms with Gasteiger partial charge in [0.25, 0.3) is 5.56 Å². The van der Waals surface area contributed by atoms with Gasteiger partial charge in [-0.1, -0.05) is 24.3 Å².